The van der Waals surface area contributed by atoms with E-state index < -0.39 is 27.1 Å². The van der Waals surface area contributed by atoms with Crippen LogP contribution in [-0.2, 0) is 0 Å². The number of rotatable bonds is 5. The first-order valence-corrected chi connectivity index (χ1v) is 9.10. The SMILES string of the molecule is O=C(Nc1ccc2nc(-c3cccc(Cl)c3)oc2c1)c1cc([N+](=O)[O-])cc([N+](=O)[O-])c1. The molecule has 4 rings (SSSR count). The first kappa shape index (κ1) is 20.0. The number of amides is 1. The fraction of sp³-hybridized carbons (Fsp3) is 0. The highest BCUT2D eigenvalue weighted by Gasteiger charge is 2.20. The highest BCUT2D eigenvalue weighted by molar-refractivity contribution is 6.30. The minimum Gasteiger partial charge on any atom is -0.436 e. The van der Waals surface area contributed by atoms with Crippen LogP contribution in [0.1, 0.15) is 10.4 Å². The van der Waals surface area contributed by atoms with Crippen LogP contribution in [0.15, 0.2) is 65.1 Å². The van der Waals surface area contributed by atoms with Crippen molar-refractivity contribution in [3.8, 4) is 11.5 Å². The molecule has 31 heavy (non-hydrogen) atoms. The summed E-state index contributed by atoms with van der Waals surface area (Å²) in [6, 6.07) is 14.4. The van der Waals surface area contributed by atoms with E-state index in [4.69, 9.17) is 16.0 Å². The number of fused-ring (bicyclic) bond motifs is 1. The van der Waals surface area contributed by atoms with E-state index in [0.717, 1.165) is 18.2 Å². The quantitative estimate of drug-likeness (QED) is 0.332. The summed E-state index contributed by atoms with van der Waals surface area (Å²) in [7, 11) is 0. The number of carbonyl (C=O) groups excluding carboxylic acids is 1. The summed E-state index contributed by atoms with van der Waals surface area (Å²) >= 11 is 5.99. The van der Waals surface area contributed by atoms with Crippen LogP contribution >= 0.6 is 11.6 Å². The van der Waals surface area contributed by atoms with E-state index in [1.54, 1.807) is 36.4 Å². The zero-order valence-corrected chi connectivity index (χ0v) is 16.2. The number of nitro benzene ring substituents is 2. The average Bonchev–Trinajstić information content (AvgIpc) is 3.17. The van der Waals surface area contributed by atoms with Gasteiger partial charge < -0.3 is 9.73 Å². The number of non-ortho nitro benzene ring substituents is 2. The zero-order chi connectivity index (χ0) is 22.1. The number of halogens is 1. The van der Waals surface area contributed by atoms with Gasteiger partial charge in [-0.2, -0.15) is 0 Å². The van der Waals surface area contributed by atoms with E-state index in [1.165, 1.54) is 6.07 Å². The molecule has 4 aromatic rings. The maximum Gasteiger partial charge on any atom is 0.277 e. The van der Waals surface area contributed by atoms with Crippen LogP contribution < -0.4 is 5.32 Å². The van der Waals surface area contributed by atoms with Crippen molar-refractivity contribution in [1.29, 1.82) is 0 Å². The average molecular weight is 439 g/mol. The molecule has 11 heteroatoms. The second-order valence-electron chi connectivity index (χ2n) is 6.42. The molecule has 0 spiro atoms. The van der Waals surface area contributed by atoms with Crippen LogP contribution in [0.4, 0.5) is 17.1 Å². The lowest BCUT2D eigenvalue weighted by Crippen LogP contribution is -2.12. The van der Waals surface area contributed by atoms with Crippen molar-refractivity contribution >= 4 is 45.7 Å². The minimum absolute atomic E-state index is 0.224. The summed E-state index contributed by atoms with van der Waals surface area (Å²) in [6.45, 7) is 0. The van der Waals surface area contributed by atoms with Gasteiger partial charge in [-0.15, -0.1) is 0 Å². The van der Waals surface area contributed by atoms with Crippen molar-refractivity contribution in [2.24, 2.45) is 0 Å². The highest BCUT2D eigenvalue weighted by Crippen LogP contribution is 2.28. The van der Waals surface area contributed by atoms with Crippen molar-refractivity contribution in [2.75, 3.05) is 5.32 Å². The highest BCUT2D eigenvalue weighted by atomic mass is 35.5. The molecule has 154 valence electrons. The van der Waals surface area contributed by atoms with Gasteiger partial charge in [-0.05, 0) is 30.3 Å². The number of benzene rings is 3. The first-order chi connectivity index (χ1) is 14.8. The summed E-state index contributed by atoms with van der Waals surface area (Å²) in [5.74, 6) is -0.406. The molecule has 3 aromatic carbocycles. The third-order valence-electron chi connectivity index (χ3n) is 4.30. The van der Waals surface area contributed by atoms with Crippen LogP contribution in [-0.4, -0.2) is 20.7 Å². The van der Waals surface area contributed by atoms with Gasteiger partial charge in [0, 0.05) is 34.5 Å². The molecule has 0 atom stereocenters. The third kappa shape index (κ3) is 4.19. The molecular weight excluding hydrogens is 428 g/mol. The van der Waals surface area contributed by atoms with Crippen LogP contribution in [0.25, 0.3) is 22.6 Å². The molecule has 0 fully saturated rings. The van der Waals surface area contributed by atoms with Gasteiger partial charge in [0.15, 0.2) is 5.58 Å². The molecule has 10 nitrogen and oxygen atoms in total. The standard InChI is InChI=1S/C20H11ClN4O6/c21-13-3-1-2-11(6-13)20-23-17-5-4-14(9-18(17)31-20)22-19(26)12-7-15(24(27)28)10-16(8-12)25(29)30/h1-10H,(H,22,26). The maximum absolute atomic E-state index is 12.5. The largest absolute Gasteiger partial charge is 0.436 e. The van der Waals surface area contributed by atoms with Crippen LogP contribution in [0.5, 0.6) is 0 Å². The van der Waals surface area contributed by atoms with E-state index >= 15 is 0 Å². The van der Waals surface area contributed by atoms with Gasteiger partial charge in [0.25, 0.3) is 17.3 Å². The monoisotopic (exact) mass is 438 g/mol. The van der Waals surface area contributed by atoms with E-state index in [0.29, 0.717) is 33.3 Å². The Bertz CT molecular complexity index is 1330. The normalized spacial score (nSPS) is 10.7. The van der Waals surface area contributed by atoms with Crippen LogP contribution in [0.3, 0.4) is 0 Å². The topological polar surface area (TPSA) is 141 Å². The summed E-state index contributed by atoms with van der Waals surface area (Å²) < 4.78 is 5.74. The molecule has 0 aliphatic rings. The van der Waals surface area contributed by atoms with Crippen molar-refractivity contribution in [3.63, 3.8) is 0 Å². The molecule has 1 aromatic heterocycles. The van der Waals surface area contributed by atoms with Crippen molar-refractivity contribution in [1.82, 2.24) is 4.98 Å². The van der Waals surface area contributed by atoms with E-state index in [9.17, 15) is 25.0 Å². The molecule has 0 aliphatic carbocycles. The lowest BCUT2D eigenvalue weighted by atomic mass is 10.1. The number of anilines is 1. The summed E-state index contributed by atoms with van der Waals surface area (Å²) in [4.78, 5) is 37.4. The molecule has 0 aliphatic heterocycles. The summed E-state index contributed by atoms with van der Waals surface area (Å²) in [6.07, 6.45) is 0. The third-order valence-corrected chi connectivity index (χ3v) is 4.54. The summed E-state index contributed by atoms with van der Waals surface area (Å²) in [5, 5.41) is 25.1. The second kappa shape index (κ2) is 7.84. The predicted octanol–water partition coefficient (Wildman–Crippen LogP) is 5.22. The Morgan fingerprint density at radius 3 is 2.32 bits per heavy atom. The second-order valence-corrected chi connectivity index (χ2v) is 6.85. The number of carbonyl (C=O) groups is 1. The number of hydrogen-bond donors (Lipinski definition) is 1. The lowest BCUT2D eigenvalue weighted by Gasteiger charge is -2.05. The Morgan fingerprint density at radius 2 is 1.68 bits per heavy atom. The van der Waals surface area contributed by atoms with Gasteiger partial charge in [0.2, 0.25) is 5.89 Å². The summed E-state index contributed by atoms with van der Waals surface area (Å²) in [5.41, 5.74) is 0.584. The molecule has 0 radical (unpaired) electrons. The van der Waals surface area contributed by atoms with Gasteiger partial charge in [-0.1, -0.05) is 17.7 Å². The van der Waals surface area contributed by atoms with Crippen LogP contribution in [0, 0.1) is 20.2 Å². The Morgan fingerprint density at radius 1 is 0.968 bits per heavy atom. The number of nitrogens with one attached hydrogen (secondary N) is 1. The van der Waals surface area contributed by atoms with Crippen molar-refractivity contribution in [2.45, 2.75) is 0 Å². The molecule has 0 saturated carbocycles. The number of nitro groups is 2. The molecule has 0 bridgehead atoms. The fourth-order valence-electron chi connectivity index (χ4n) is 2.89. The number of nitrogens with zero attached hydrogens (tertiary/aromatic N) is 3. The van der Waals surface area contributed by atoms with Gasteiger partial charge in [-0.3, -0.25) is 25.0 Å². The number of oxazole rings is 1. The van der Waals surface area contributed by atoms with Crippen LogP contribution in [0.2, 0.25) is 5.02 Å². The Kier molecular flexibility index (Phi) is 5.05. The Hall–Kier alpha value is -4.31. The van der Waals surface area contributed by atoms with Crippen molar-refractivity contribution < 1.29 is 19.1 Å². The number of hydrogen-bond acceptors (Lipinski definition) is 7. The molecule has 1 N–H and O–H groups in total. The predicted molar refractivity (Wildman–Crippen MR) is 112 cm³/mol. The van der Waals surface area contributed by atoms with E-state index in [-0.39, 0.29) is 5.56 Å². The van der Waals surface area contributed by atoms with E-state index in [1.807, 2.05) is 0 Å². The molecule has 0 saturated heterocycles. The molecule has 1 heterocycles. The van der Waals surface area contributed by atoms with Gasteiger partial charge in [-0.25, -0.2) is 4.98 Å². The van der Waals surface area contributed by atoms with Gasteiger partial charge in [0.1, 0.15) is 5.52 Å². The van der Waals surface area contributed by atoms with E-state index in [2.05, 4.69) is 10.3 Å². The Labute approximate surface area is 178 Å². The molecular formula is C20H11ClN4O6. The number of aromatic nitrogens is 1. The Balaban J connectivity index is 1.63. The smallest absolute Gasteiger partial charge is 0.277 e. The molecule has 1 amide bonds. The maximum atomic E-state index is 12.5. The minimum atomic E-state index is -0.804. The van der Waals surface area contributed by atoms with Gasteiger partial charge >= 0.3 is 0 Å². The van der Waals surface area contributed by atoms with Gasteiger partial charge in [0.05, 0.1) is 21.5 Å². The fourth-order valence-corrected chi connectivity index (χ4v) is 3.08. The molecule has 0 unspecified atom stereocenters. The first-order valence-electron chi connectivity index (χ1n) is 8.72. The van der Waals surface area contributed by atoms with Crippen molar-refractivity contribution in [3.05, 3.63) is 91.5 Å². The lowest BCUT2D eigenvalue weighted by molar-refractivity contribution is -0.394. The zero-order valence-electron chi connectivity index (χ0n) is 15.4.